The molecule has 1 N–H and O–H groups in total. The van der Waals surface area contributed by atoms with Gasteiger partial charge in [-0.3, -0.25) is 0 Å². The monoisotopic (exact) mass is 422 g/mol. The van der Waals surface area contributed by atoms with E-state index >= 15 is 0 Å². The number of hydrogen-bond acceptors (Lipinski definition) is 4. The Hall–Kier alpha value is -1.29. The molecule has 0 saturated carbocycles. The van der Waals surface area contributed by atoms with E-state index in [4.69, 9.17) is 0 Å². The van der Waals surface area contributed by atoms with Crippen molar-refractivity contribution in [3.8, 4) is 0 Å². The van der Waals surface area contributed by atoms with Gasteiger partial charge in [0.1, 0.15) is 5.82 Å². The van der Waals surface area contributed by atoms with Crippen molar-refractivity contribution in [2.75, 3.05) is 18.4 Å². The zero-order valence-corrected chi connectivity index (χ0v) is 17.5. The Balaban J connectivity index is 1.80. The van der Waals surface area contributed by atoms with Crippen molar-refractivity contribution in [2.45, 2.75) is 76.4 Å². The Kier molecular flexibility index (Phi) is 5.75. The number of hydrogen-bond donors (Lipinski definition) is 1. The highest BCUT2D eigenvalue weighted by Gasteiger charge is 2.47. The second-order valence-corrected chi connectivity index (χ2v) is 10.9. The van der Waals surface area contributed by atoms with Crippen LogP contribution in [0.25, 0.3) is 0 Å². The van der Waals surface area contributed by atoms with Crippen LogP contribution < -0.4 is 5.32 Å². The maximum absolute atomic E-state index is 13.6. The third-order valence-corrected chi connectivity index (χ3v) is 8.15. The minimum absolute atomic E-state index is 0.0371. The number of aromatic nitrogens is 2. The summed E-state index contributed by atoms with van der Waals surface area (Å²) in [7, 11) is -3.31. The Morgan fingerprint density at radius 2 is 1.79 bits per heavy atom. The van der Waals surface area contributed by atoms with E-state index in [1.165, 1.54) is 4.31 Å². The van der Waals surface area contributed by atoms with Crippen LogP contribution in [0.1, 0.15) is 64.6 Å². The first-order valence-electron chi connectivity index (χ1n) is 9.83. The molecule has 0 radical (unpaired) electrons. The molecule has 0 spiro atoms. The van der Waals surface area contributed by atoms with Crippen LogP contribution in [0.4, 0.5) is 19.0 Å². The van der Waals surface area contributed by atoms with Crippen LogP contribution in [0.15, 0.2) is 6.07 Å². The number of anilines is 1. The van der Waals surface area contributed by atoms with Crippen molar-refractivity contribution >= 4 is 15.8 Å². The van der Waals surface area contributed by atoms with Crippen molar-refractivity contribution in [1.82, 2.24) is 14.1 Å². The molecule has 1 saturated heterocycles. The van der Waals surface area contributed by atoms with Gasteiger partial charge < -0.3 is 5.32 Å². The van der Waals surface area contributed by atoms with E-state index in [0.717, 1.165) is 4.68 Å². The van der Waals surface area contributed by atoms with Gasteiger partial charge in [0.2, 0.25) is 10.0 Å². The second kappa shape index (κ2) is 7.51. The fourth-order valence-corrected chi connectivity index (χ4v) is 5.28. The molecule has 0 aliphatic carbocycles. The van der Waals surface area contributed by atoms with Gasteiger partial charge in [0, 0.05) is 31.1 Å². The molecule has 0 unspecified atom stereocenters. The van der Waals surface area contributed by atoms with Gasteiger partial charge in [-0.1, -0.05) is 13.8 Å². The summed E-state index contributed by atoms with van der Waals surface area (Å²) >= 11 is 0. The molecular weight excluding hydrogens is 393 g/mol. The summed E-state index contributed by atoms with van der Waals surface area (Å²) < 4.78 is 68.0. The normalized spacial score (nSPS) is 25.2. The molecule has 160 valence electrons. The molecule has 1 aromatic rings. The summed E-state index contributed by atoms with van der Waals surface area (Å²) in [6.45, 7) is 7.86. The number of sulfonamides is 1. The maximum atomic E-state index is 13.6. The first kappa shape index (κ1) is 21.4. The van der Waals surface area contributed by atoms with Crippen molar-refractivity contribution in [2.24, 2.45) is 5.92 Å². The molecule has 1 fully saturated rings. The summed E-state index contributed by atoms with van der Waals surface area (Å²) in [4.78, 5) is 0. The van der Waals surface area contributed by atoms with Crippen LogP contribution in [0.5, 0.6) is 0 Å². The largest absolute Gasteiger partial charge is 0.410 e. The third-order valence-electron chi connectivity index (χ3n) is 5.87. The van der Waals surface area contributed by atoms with Crippen LogP contribution >= 0.6 is 0 Å². The number of nitrogens with one attached hydrogen (secondary N) is 1. The summed E-state index contributed by atoms with van der Waals surface area (Å²) in [6, 6.07) is -0.183. The lowest BCUT2D eigenvalue weighted by molar-refractivity contribution is -0.174. The quantitative estimate of drug-likeness (QED) is 0.803. The van der Waals surface area contributed by atoms with Crippen LogP contribution in [-0.2, 0) is 10.0 Å². The predicted octanol–water partition coefficient (Wildman–Crippen LogP) is 3.74. The van der Waals surface area contributed by atoms with E-state index in [0.29, 0.717) is 37.4 Å². The van der Waals surface area contributed by atoms with E-state index in [2.05, 4.69) is 10.4 Å². The number of fused-ring (bicyclic) bond motifs is 1. The molecule has 2 aliphatic rings. The number of alkyl halides is 3. The first-order chi connectivity index (χ1) is 12.9. The van der Waals surface area contributed by atoms with Gasteiger partial charge >= 0.3 is 6.18 Å². The van der Waals surface area contributed by atoms with Crippen LogP contribution in [0, 0.1) is 5.92 Å². The number of rotatable bonds is 4. The van der Waals surface area contributed by atoms with Crippen LogP contribution in [0.3, 0.4) is 0 Å². The summed E-state index contributed by atoms with van der Waals surface area (Å²) in [5.41, 5.74) is 0.614. The molecule has 1 aromatic heterocycles. The first-order valence-corrected chi connectivity index (χ1v) is 11.3. The average molecular weight is 423 g/mol. The van der Waals surface area contributed by atoms with E-state index in [1.807, 2.05) is 13.8 Å². The topological polar surface area (TPSA) is 67.2 Å². The van der Waals surface area contributed by atoms with Gasteiger partial charge in [0.25, 0.3) is 0 Å². The van der Waals surface area contributed by atoms with Crippen LogP contribution in [0.2, 0.25) is 0 Å². The number of nitrogens with zero attached hydrogens (tertiary/aromatic N) is 3. The lowest BCUT2D eigenvalue weighted by Crippen LogP contribution is -2.41. The maximum Gasteiger partial charge on any atom is 0.410 e. The summed E-state index contributed by atoms with van der Waals surface area (Å²) in [5.74, 6) is 0.436. The van der Waals surface area contributed by atoms with E-state index in [-0.39, 0.29) is 24.3 Å². The molecule has 6 nitrogen and oxygen atoms in total. The molecular formula is C18H29F3N4O2S. The number of halogens is 3. The number of piperidine rings is 1. The molecule has 0 bridgehead atoms. The van der Waals surface area contributed by atoms with Crippen molar-refractivity contribution in [3.63, 3.8) is 0 Å². The van der Waals surface area contributed by atoms with E-state index in [9.17, 15) is 21.6 Å². The summed E-state index contributed by atoms with van der Waals surface area (Å²) in [6.07, 6.45) is -3.28. The SMILES string of the molecule is CC(C)[C@@H]1C[C@H](C(F)(F)F)n2nc(C3CCN(S(=O)(=O)C(C)C)CC3)cc2N1. The van der Waals surface area contributed by atoms with Crippen molar-refractivity contribution < 1.29 is 21.6 Å². The second-order valence-electron chi connectivity index (χ2n) is 8.45. The van der Waals surface area contributed by atoms with Gasteiger partial charge in [-0.15, -0.1) is 0 Å². The molecule has 3 rings (SSSR count). The highest BCUT2D eigenvalue weighted by Crippen LogP contribution is 2.42. The minimum Gasteiger partial charge on any atom is -0.367 e. The fourth-order valence-electron chi connectivity index (χ4n) is 3.96. The molecule has 2 atom stereocenters. The van der Waals surface area contributed by atoms with Gasteiger partial charge in [-0.25, -0.2) is 17.4 Å². The van der Waals surface area contributed by atoms with Crippen molar-refractivity contribution in [1.29, 1.82) is 0 Å². The standard InChI is InChI=1S/C18H29F3N4O2S/c1-11(2)14-9-16(18(19,20)21)25-17(22-14)10-15(23-25)13-5-7-24(8-6-13)28(26,27)12(3)4/h10-14,16,22H,5-9H2,1-4H3/t14-,16+/m0/s1. The van der Waals surface area contributed by atoms with E-state index in [1.54, 1.807) is 19.9 Å². The predicted molar refractivity (Wildman–Crippen MR) is 102 cm³/mol. The van der Waals surface area contributed by atoms with Crippen molar-refractivity contribution in [3.05, 3.63) is 11.8 Å². The zero-order chi connectivity index (χ0) is 20.9. The average Bonchev–Trinajstić information content (AvgIpc) is 3.03. The lowest BCUT2D eigenvalue weighted by atomic mass is 9.94. The zero-order valence-electron chi connectivity index (χ0n) is 16.7. The Bertz CT molecular complexity index is 796. The Labute approximate surface area is 164 Å². The highest BCUT2D eigenvalue weighted by molar-refractivity contribution is 7.89. The lowest BCUT2D eigenvalue weighted by Gasteiger charge is -2.35. The molecule has 28 heavy (non-hydrogen) atoms. The smallest absolute Gasteiger partial charge is 0.367 e. The fraction of sp³-hybridized carbons (Fsp3) is 0.833. The molecule has 3 heterocycles. The van der Waals surface area contributed by atoms with Gasteiger partial charge in [0.05, 0.1) is 10.9 Å². The van der Waals surface area contributed by atoms with E-state index < -0.39 is 27.5 Å². The van der Waals surface area contributed by atoms with Gasteiger partial charge in [-0.05, 0) is 39.0 Å². The molecule has 0 amide bonds. The molecule has 2 aliphatic heterocycles. The highest BCUT2D eigenvalue weighted by atomic mass is 32.2. The van der Waals surface area contributed by atoms with Crippen LogP contribution in [-0.4, -0.2) is 53.1 Å². The third kappa shape index (κ3) is 4.03. The molecule has 10 heteroatoms. The summed E-state index contributed by atoms with van der Waals surface area (Å²) in [5, 5.41) is 7.03. The van der Waals surface area contributed by atoms with Gasteiger partial charge in [-0.2, -0.15) is 18.3 Å². The minimum atomic E-state index is -4.36. The Morgan fingerprint density at radius 3 is 2.29 bits per heavy atom. The van der Waals surface area contributed by atoms with Gasteiger partial charge in [0.15, 0.2) is 6.04 Å². The molecule has 0 aromatic carbocycles. The Morgan fingerprint density at radius 1 is 1.18 bits per heavy atom.